The summed E-state index contributed by atoms with van der Waals surface area (Å²) in [6, 6.07) is 0.313. The molecule has 1 heterocycles. The van der Waals surface area contributed by atoms with Crippen molar-refractivity contribution in [2.45, 2.75) is 70.6 Å². The van der Waals surface area contributed by atoms with Gasteiger partial charge in [-0.25, -0.2) is 9.67 Å². The molecular weight excluding hydrogens is 240 g/mol. The fourth-order valence-corrected chi connectivity index (χ4v) is 3.12. The van der Waals surface area contributed by atoms with Gasteiger partial charge in [0.05, 0.1) is 5.60 Å². The zero-order valence-electron chi connectivity index (χ0n) is 12.3. The third kappa shape index (κ3) is 2.98. The zero-order chi connectivity index (χ0) is 13.9. The van der Waals surface area contributed by atoms with E-state index < -0.39 is 0 Å². The maximum absolute atomic E-state index is 6.45. The maximum Gasteiger partial charge on any atom is 0.138 e. The van der Waals surface area contributed by atoms with Crippen molar-refractivity contribution in [1.82, 2.24) is 14.8 Å². The summed E-state index contributed by atoms with van der Waals surface area (Å²) in [5, 5.41) is 4.27. The topological polar surface area (TPSA) is 66.0 Å². The van der Waals surface area contributed by atoms with Crippen molar-refractivity contribution in [3.05, 3.63) is 12.2 Å². The third-order valence-corrected chi connectivity index (χ3v) is 4.10. The molecule has 5 nitrogen and oxygen atoms in total. The Balaban J connectivity index is 2.10. The van der Waals surface area contributed by atoms with E-state index in [9.17, 15) is 0 Å². The van der Waals surface area contributed by atoms with Gasteiger partial charge in [-0.3, -0.25) is 0 Å². The first-order valence-electron chi connectivity index (χ1n) is 7.37. The van der Waals surface area contributed by atoms with Crippen LogP contribution in [0.15, 0.2) is 6.33 Å². The molecule has 0 saturated heterocycles. The van der Waals surface area contributed by atoms with Crippen LogP contribution in [0.2, 0.25) is 0 Å². The lowest BCUT2D eigenvalue weighted by Gasteiger charge is -2.35. The number of nitrogens with zero attached hydrogens (tertiary/aromatic N) is 3. The number of hydrogen-bond donors (Lipinski definition) is 1. The summed E-state index contributed by atoms with van der Waals surface area (Å²) >= 11 is 0. The van der Waals surface area contributed by atoms with Gasteiger partial charge in [0.1, 0.15) is 12.2 Å². The Morgan fingerprint density at radius 1 is 1.42 bits per heavy atom. The Morgan fingerprint density at radius 2 is 2.11 bits per heavy atom. The fraction of sp³-hybridized carbons (Fsp3) is 0.857. The fourth-order valence-electron chi connectivity index (χ4n) is 3.12. The molecule has 1 aliphatic carbocycles. The summed E-state index contributed by atoms with van der Waals surface area (Å²) in [4.78, 5) is 4.36. The van der Waals surface area contributed by atoms with Crippen molar-refractivity contribution in [2.24, 2.45) is 5.73 Å². The number of rotatable bonds is 6. The van der Waals surface area contributed by atoms with Crippen LogP contribution >= 0.6 is 0 Å². The molecule has 1 fully saturated rings. The highest BCUT2D eigenvalue weighted by Crippen LogP contribution is 2.36. The van der Waals surface area contributed by atoms with E-state index in [0.29, 0.717) is 6.04 Å². The van der Waals surface area contributed by atoms with E-state index in [1.807, 2.05) is 11.6 Å². The summed E-state index contributed by atoms with van der Waals surface area (Å²) in [6.07, 6.45) is 6.91. The van der Waals surface area contributed by atoms with Gasteiger partial charge in [-0.1, -0.05) is 12.8 Å². The molecule has 0 spiro atoms. The van der Waals surface area contributed by atoms with Gasteiger partial charge >= 0.3 is 0 Å². The quantitative estimate of drug-likeness (QED) is 0.856. The van der Waals surface area contributed by atoms with Crippen molar-refractivity contribution in [3.63, 3.8) is 0 Å². The molecule has 1 saturated carbocycles. The van der Waals surface area contributed by atoms with Crippen LogP contribution in [0, 0.1) is 0 Å². The largest absolute Gasteiger partial charge is 0.374 e. The van der Waals surface area contributed by atoms with Crippen molar-refractivity contribution in [1.29, 1.82) is 0 Å². The first-order valence-corrected chi connectivity index (χ1v) is 7.37. The van der Waals surface area contributed by atoms with E-state index >= 15 is 0 Å². The van der Waals surface area contributed by atoms with E-state index in [-0.39, 0.29) is 11.6 Å². The molecule has 2 rings (SSSR count). The lowest BCUT2D eigenvalue weighted by atomic mass is 9.90. The minimum atomic E-state index is -0.150. The predicted molar refractivity (Wildman–Crippen MR) is 74.9 cm³/mol. The Kier molecular flexibility index (Phi) is 4.58. The van der Waals surface area contributed by atoms with Crippen LogP contribution in [0.4, 0.5) is 0 Å². The van der Waals surface area contributed by atoms with Crippen molar-refractivity contribution < 1.29 is 4.74 Å². The summed E-state index contributed by atoms with van der Waals surface area (Å²) < 4.78 is 7.97. The molecule has 0 aromatic carbocycles. The minimum absolute atomic E-state index is 0.00310. The Hall–Kier alpha value is -0.940. The second-order valence-corrected chi connectivity index (χ2v) is 5.73. The van der Waals surface area contributed by atoms with Crippen LogP contribution in [0.5, 0.6) is 0 Å². The predicted octanol–water partition coefficient (Wildman–Crippen LogP) is 2.08. The van der Waals surface area contributed by atoms with Gasteiger partial charge in [-0.2, -0.15) is 5.10 Å². The monoisotopic (exact) mass is 266 g/mol. The molecule has 2 N–H and O–H groups in total. The number of nitrogens with two attached hydrogens (primary N) is 1. The highest BCUT2D eigenvalue weighted by molar-refractivity contribution is 5.01. The molecule has 1 aromatic heterocycles. The highest BCUT2D eigenvalue weighted by Gasteiger charge is 2.40. The Labute approximate surface area is 115 Å². The van der Waals surface area contributed by atoms with E-state index in [2.05, 4.69) is 23.9 Å². The van der Waals surface area contributed by atoms with Gasteiger partial charge in [0.15, 0.2) is 0 Å². The molecule has 5 heteroatoms. The van der Waals surface area contributed by atoms with Gasteiger partial charge < -0.3 is 10.5 Å². The van der Waals surface area contributed by atoms with Gasteiger partial charge in [-0.15, -0.1) is 0 Å². The molecule has 19 heavy (non-hydrogen) atoms. The van der Waals surface area contributed by atoms with Crippen LogP contribution in [0.25, 0.3) is 0 Å². The van der Waals surface area contributed by atoms with Gasteiger partial charge in [0.2, 0.25) is 0 Å². The molecule has 0 bridgehead atoms. The van der Waals surface area contributed by atoms with Crippen molar-refractivity contribution in [3.8, 4) is 0 Å². The van der Waals surface area contributed by atoms with Crippen LogP contribution in [-0.4, -0.2) is 33.0 Å². The van der Waals surface area contributed by atoms with Gasteiger partial charge in [0, 0.05) is 25.1 Å². The van der Waals surface area contributed by atoms with E-state index in [1.165, 1.54) is 12.8 Å². The standard InChI is InChI=1S/C14H26N4O/c1-4-19-14(7-5-6-8-14)12(15)9-13-16-10-17-18(13)11(2)3/h10-12H,4-9,15H2,1-3H3. The molecule has 1 aromatic rings. The number of ether oxygens (including phenoxy) is 1. The Morgan fingerprint density at radius 3 is 2.68 bits per heavy atom. The average molecular weight is 266 g/mol. The normalized spacial score (nSPS) is 20.1. The molecule has 1 unspecified atom stereocenters. The first kappa shape index (κ1) is 14.5. The first-order chi connectivity index (χ1) is 9.09. The third-order valence-electron chi connectivity index (χ3n) is 4.10. The molecule has 0 aliphatic heterocycles. The van der Waals surface area contributed by atoms with E-state index in [4.69, 9.17) is 10.5 Å². The van der Waals surface area contributed by atoms with Crippen LogP contribution in [0.3, 0.4) is 0 Å². The van der Waals surface area contributed by atoms with E-state index in [1.54, 1.807) is 6.33 Å². The average Bonchev–Trinajstić information content (AvgIpc) is 2.99. The molecule has 0 amide bonds. The van der Waals surface area contributed by atoms with Crippen molar-refractivity contribution >= 4 is 0 Å². The second-order valence-electron chi connectivity index (χ2n) is 5.73. The summed E-state index contributed by atoms with van der Waals surface area (Å²) in [5.41, 5.74) is 6.30. The molecule has 0 radical (unpaired) electrons. The minimum Gasteiger partial charge on any atom is -0.374 e. The maximum atomic E-state index is 6.45. The zero-order valence-corrected chi connectivity index (χ0v) is 12.3. The molecule has 1 aliphatic rings. The summed E-state index contributed by atoms with van der Waals surface area (Å²) in [7, 11) is 0. The summed E-state index contributed by atoms with van der Waals surface area (Å²) in [5.74, 6) is 0.966. The van der Waals surface area contributed by atoms with Crippen LogP contribution < -0.4 is 5.73 Å². The SMILES string of the molecule is CCOC1(C(N)Cc2ncnn2C(C)C)CCCC1. The van der Waals surface area contributed by atoms with Crippen molar-refractivity contribution in [2.75, 3.05) is 6.61 Å². The van der Waals surface area contributed by atoms with Gasteiger partial charge in [-0.05, 0) is 33.6 Å². The van der Waals surface area contributed by atoms with Gasteiger partial charge in [0.25, 0.3) is 0 Å². The lowest BCUT2D eigenvalue weighted by molar-refractivity contribution is -0.0530. The molecule has 108 valence electrons. The number of hydrogen-bond acceptors (Lipinski definition) is 4. The smallest absolute Gasteiger partial charge is 0.138 e. The Bertz CT molecular complexity index is 396. The lowest BCUT2D eigenvalue weighted by Crippen LogP contribution is -2.49. The van der Waals surface area contributed by atoms with E-state index in [0.717, 1.165) is 31.7 Å². The molecular formula is C14H26N4O. The number of aromatic nitrogens is 3. The highest BCUT2D eigenvalue weighted by atomic mass is 16.5. The summed E-state index contributed by atoms with van der Waals surface area (Å²) in [6.45, 7) is 6.99. The van der Waals surface area contributed by atoms with Crippen LogP contribution in [-0.2, 0) is 11.2 Å². The van der Waals surface area contributed by atoms with Crippen LogP contribution in [0.1, 0.15) is 58.3 Å². The molecule has 1 atom stereocenters. The second kappa shape index (κ2) is 6.01.